The zero-order valence-electron chi connectivity index (χ0n) is 19.5. The normalized spacial score (nSPS) is 11.9. The molecule has 31 heavy (non-hydrogen) atoms. The average molecular weight is 427 g/mol. The summed E-state index contributed by atoms with van der Waals surface area (Å²) in [5, 5.41) is 0.806. The van der Waals surface area contributed by atoms with Crippen molar-refractivity contribution in [2.75, 3.05) is 48.6 Å². The fraction of sp³-hybridized carbons (Fsp3) is 0.400. The Morgan fingerprint density at radius 1 is 1.10 bits per heavy atom. The molecule has 0 aliphatic heterocycles. The van der Waals surface area contributed by atoms with Gasteiger partial charge < -0.3 is 23.8 Å². The van der Waals surface area contributed by atoms with Crippen molar-refractivity contribution in [3.8, 4) is 17.2 Å². The molecular weight excluding hydrogens is 392 g/mol. The number of hydrogen-bond donors (Lipinski definition) is 0. The van der Waals surface area contributed by atoms with Crippen molar-refractivity contribution in [2.24, 2.45) is 0 Å². The van der Waals surface area contributed by atoms with Gasteiger partial charge in [0.15, 0.2) is 0 Å². The SMILES string of the molecule is C=C(/C=C\C(=C/C)OC)c1cnc2cc(OC)cc(OC)c2c1OCCCCN(C)C. The van der Waals surface area contributed by atoms with Gasteiger partial charge in [-0.15, -0.1) is 0 Å². The third-order valence-electron chi connectivity index (χ3n) is 4.88. The Hall–Kier alpha value is -2.99. The molecule has 0 saturated heterocycles. The molecule has 0 fully saturated rings. The first-order valence-corrected chi connectivity index (χ1v) is 10.3. The summed E-state index contributed by atoms with van der Waals surface area (Å²) in [6, 6.07) is 3.72. The first-order valence-electron chi connectivity index (χ1n) is 10.3. The summed E-state index contributed by atoms with van der Waals surface area (Å²) in [4.78, 5) is 6.80. The van der Waals surface area contributed by atoms with Gasteiger partial charge in [0.25, 0.3) is 0 Å². The molecule has 0 saturated carbocycles. The molecule has 0 unspecified atom stereocenters. The fourth-order valence-corrected chi connectivity index (χ4v) is 3.15. The van der Waals surface area contributed by atoms with Crippen molar-refractivity contribution >= 4 is 16.5 Å². The number of ether oxygens (including phenoxy) is 4. The Kier molecular flexibility index (Phi) is 9.40. The maximum absolute atomic E-state index is 6.31. The number of nitrogens with zero attached hydrogens (tertiary/aromatic N) is 2. The van der Waals surface area contributed by atoms with Gasteiger partial charge >= 0.3 is 0 Å². The van der Waals surface area contributed by atoms with E-state index in [1.807, 2.05) is 37.3 Å². The second-order valence-electron chi connectivity index (χ2n) is 7.34. The van der Waals surface area contributed by atoms with Gasteiger partial charge in [0.1, 0.15) is 23.0 Å². The number of benzene rings is 1. The lowest BCUT2D eigenvalue weighted by molar-refractivity contribution is 0.294. The highest BCUT2D eigenvalue weighted by molar-refractivity contribution is 5.97. The van der Waals surface area contributed by atoms with Crippen molar-refractivity contribution in [3.63, 3.8) is 0 Å². The molecule has 168 valence electrons. The lowest BCUT2D eigenvalue weighted by Crippen LogP contribution is -2.14. The summed E-state index contributed by atoms with van der Waals surface area (Å²) >= 11 is 0. The summed E-state index contributed by atoms with van der Waals surface area (Å²) in [6.45, 7) is 7.76. The van der Waals surface area contributed by atoms with Crippen LogP contribution in [0, 0.1) is 0 Å². The van der Waals surface area contributed by atoms with Crippen molar-refractivity contribution in [2.45, 2.75) is 19.8 Å². The third-order valence-corrected chi connectivity index (χ3v) is 4.88. The molecule has 0 amide bonds. The maximum Gasteiger partial charge on any atom is 0.141 e. The van der Waals surface area contributed by atoms with E-state index < -0.39 is 0 Å². The monoisotopic (exact) mass is 426 g/mol. The smallest absolute Gasteiger partial charge is 0.141 e. The minimum Gasteiger partial charge on any atom is -0.497 e. The van der Waals surface area contributed by atoms with Crippen molar-refractivity contribution < 1.29 is 18.9 Å². The van der Waals surface area contributed by atoms with Crippen LogP contribution in [0.2, 0.25) is 0 Å². The second kappa shape index (κ2) is 12.0. The van der Waals surface area contributed by atoms with Crippen molar-refractivity contribution in [1.29, 1.82) is 0 Å². The molecule has 2 rings (SSSR count). The number of aromatic nitrogens is 1. The molecule has 0 spiro atoms. The van der Waals surface area contributed by atoms with Gasteiger partial charge in [-0.25, -0.2) is 0 Å². The highest BCUT2D eigenvalue weighted by Gasteiger charge is 2.17. The number of methoxy groups -OCH3 is 3. The molecule has 0 aliphatic carbocycles. The molecule has 1 aromatic carbocycles. The topological polar surface area (TPSA) is 53.1 Å². The Balaban J connectivity index is 2.48. The van der Waals surface area contributed by atoms with Crippen molar-refractivity contribution in [1.82, 2.24) is 9.88 Å². The number of unbranched alkanes of at least 4 members (excludes halogenated alkanes) is 1. The zero-order valence-corrected chi connectivity index (χ0v) is 19.5. The number of hydrogen-bond acceptors (Lipinski definition) is 6. The average Bonchev–Trinajstić information content (AvgIpc) is 2.78. The number of allylic oxidation sites excluding steroid dienone is 4. The largest absolute Gasteiger partial charge is 0.497 e. The van der Waals surface area contributed by atoms with Gasteiger partial charge in [0, 0.05) is 23.9 Å². The summed E-state index contributed by atoms with van der Waals surface area (Å²) < 4.78 is 22.7. The summed E-state index contributed by atoms with van der Waals surface area (Å²) in [5.74, 6) is 2.79. The third kappa shape index (κ3) is 6.49. The second-order valence-corrected chi connectivity index (χ2v) is 7.34. The van der Waals surface area contributed by atoms with Gasteiger partial charge in [-0.1, -0.05) is 12.7 Å². The van der Waals surface area contributed by atoms with E-state index in [0.717, 1.165) is 47.2 Å². The highest BCUT2D eigenvalue weighted by Crippen LogP contribution is 2.40. The van der Waals surface area contributed by atoms with Crippen LogP contribution in [0.25, 0.3) is 16.5 Å². The highest BCUT2D eigenvalue weighted by atomic mass is 16.5. The van der Waals surface area contributed by atoms with Crippen LogP contribution in [-0.2, 0) is 4.74 Å². The quantitative estimate of drug-likeness (QED) is 0.268. The molecule has 6 heteroatoms. The standard InChI is InChI=1S/C25H34N2O4/c1-8-19(28-5)12-11-18(2)21-17-26-22-15-20(29-6)16-23(30-7)24(22)25(21)31-14-10-9-13-27(3)4/h8,11-12,15-17H,2,9-10,13-14H2,1,3-7H3/b12-11-,19-8+. The molecule has 2 aromatic rings. The summed E-state index contributed by atoms with van der Waals surface area (Å²) in [5.41, 5.74) is 2.32. The van der Waals surface area contributed by atoms with Crippen molar-refractivity contribution in [3.05, 3.63) is 54.5 Å². The molecule has 0 bridgehead atoms. The van der Waals surface area contributed by atoms with Gasteiger partial charge in [0.2, 0.25) is 0 Å². The van der Waals surface area contributed by atoms with Crippen LogP contribution in [0.1, 0.15) is 25.3 Å². The Morgan fingerprint density at radius 2 is 1.87 bits per heavy atom. The minimum absolute atomic E-state index is 0.588. The van der Waals surface area contributed by atoms with Gasteiger partial charge in [-0.05, 0) is 58.1 Å². The van der Waals surface area contributed by atoms with Gasteiger partial charge in [0.05, 0.1) is 38.8 Å². The maximum atomic E-state index is 6.31. The molecule has 6 nitrogen and oxygen atoms in total. The predicted molar refractivity (Wildman–Crippen MR) is 127 cm³/mol. The first kappa shape index (κ1) is 24.3. The van der Waals surface area contributed by atoms with E-state index in [9.17, 15) is 0 Å². The lowest BCUT2D eigenvalue weighted by atomic mass is 10.0. The Bertz CT molecular complexity index is 948. The van der Waals surface area contributed by atoms with E-state index in [1.165, 1.54) is 0 Å². The van der Waals surface area contributed by atoms with Crippen LogP contribution < -0.4 is 14.2 Å². The molecule has 1 heterocycles. The van der Waals surface area contributed by atoms with E-state index in [4.69, 9.17) is 18.9 Å². The van der Waals surface area contributed by atoms with E-state index >= 15 is 0 Å². The van der Waals surface area contributed by atoms with Crippen LogP contribution in [0.5, 0.6) is 17.2 Å². The van der Waals surface area contributed by atoms with Crippen LogP contribution in [-0.4, -0.2) is 58.5 Å². The van der Waals surface area contributed by atoms with Crippen LogP contribution >= 0.6 is 0 Å². The van der Waals surface area contributed by atoms with E-state index in [1.54, 1.807) is 27.5 Å². The molecule has 0 radical (unpaired) electrons. The van der Waals surface area contributed by atoms with Gasteiger partial charge in [-0.2, -0.15) is 0 Å². The summed E-state index contributed by atoms with van der Waals surface area (Å²) in [6.07, 6.45) is 9.44. The molecule has 0 N–H and O–H groups in total. The number of rotatable bonds is 12. The summed E-state index contributed by atoms with van der Waals surface area (Å²) in [7, 11) is 9.04. The molecule has 1 aromatic heterocycles. The van der Waals surface area contributed by atoms with Crippen LogP contribution in [0.15, 0.2) is 48.9 Å². The van der Waals surface area contributed by atoms with Crippen LogP contribution in [0.3, 0.4) is 0 Å². The Morgan fingerprint density at radius 3 is 2.48 bits per heavy atom. The van der Waals surface area contributed by atoms with E-state index in [-0.39, 0.29) is 0 Å². The predicted octanol–water partition coefficient (Wildman–Crippen LogP) is 5.09. The fourth-order valence-electron chi connectivity index (χ4n) is 3.15. The number of pyridine rings is 1. The van der Waals surface area contributed by atoms with E-state index in [0.29, 0.717) is 23.9 Å². The van der Waals surface area contributed by atoms with E-state index in [2.05, 4.69) is 30.6 Å². The van der Waals surface area contributed by atoms with Gasteiger partial charge in [-0.3, -0.25) is 4.98 Å². The Labute approximate surface area is 185 Å². The zero-order chi connectivity index (χ0) is 22.8. The molecule has 0 aliphatic rings. The first-order chi connectivity index (χ1) is 14.9. The van der Waals surface area contributed by atoms with Crippen LogP contribution in [0.4, 0.5) is 0 Å². The minimum atomic E-state index is 0.588. The molecule has 0 atom stereocenters. The lowest BCUT2D eigenvalue weighted by Gasteiger charge is -2.17. The number of fused-ring (bicyclic) bond motifs is 1. The molecular formula is C25H34N2O4.